The summed E-state index contributed by atoms with van der Waals surface area (Å²) >= 11 is -0.232. The standard InChI is InChI=1S/C19H18F3N3O5S2/c1-32(29,30)15-7-8-16(17(12-15)25(27)28)23-10-11-24-18(26)9-4-13-2-5-14(6-3-13)31-19(20,21)22/h2-9,12,23H,10-11H2,1H3,(H,24,26)/b9-4+. The predicted octanol–water partition coefficient (Wildman–Crippen LogP) is 3.85. The van der Waals surface area contributed by atoms with E-state index in [4.69, 9.17) is 0 Å². The Kier molecular flexibility index (Phi) is 8.27. The van der Waals surface area contributed by atoms with E-state index in [0.717, 1.165) is 12.3 Å². The number of thioether (sulfide) groups is 1. The maximum atomic E-state index is 12.3. The van der Waals surface area contributed by atoms with Crippen LogP contribution in [0.3, 0.4) is 0 Å². The Morgan fingerprint density at radius 2 is 1.81 bits per heavy atom. The van der Waals surface area contributed by atoms with Crippen molar-refractivity contribution in [2.75, 3.05) is 24.7 Å². The van der Waals surface area contributed by atoms with Gasteiger partial charge >= 0.3 is 5.51 Å². The summed E-state index contributed by atoms with van der Waals surface area (Å²) in [6.07, 6.45) is 3.58. The van der Waals surface area contributed by atoms with Crippen LogP contribution in [-0.2, 0) is 14.6 Å². The fraction of sp³-hybridized carbons (Fsp3) is 0.211. The molecule has 0 radical (unpaired) electrons. The first-order valence-corrected chi connectivity index (χ1v) is 11.6. The number of hydrogen-bond donors (Lipinski definition) is 2. The lowest BCUT2D eigenvalue weighted by molar-refractivity contribution is -0.384. The number of nitrogens with zero attached hydrogens (tertiary/aromatic N) is 1. The molecule has 1 amide bonds. The van der Waals surface area contributed by atoms with Crippen LogP contribution in [0, 0.1) is 10.1 Å². The number of nitro groups is 1. The molecule has 32 heavy (non-hydrogen) atoms. The molecule has 0 spiro atoms. The van der Waals surface area contributed by atoms with E-state index in [1.54, 1.807) is 0 Å². The van der Waals surface area contributed by atoms with E-state index in [0.29, 0.717) is 5.56 Å². The zero-order chi connectivity index (χ0) is 23.9. The Morgan fingerprint density at radius 1 is 1.16 bits per heavy atom. The monoisotopic (exact) mass is 489 g/mol. The molecule has 0 aliphatic rings. The third kappa shape index (κ3) is 8.23. The molecule has 0 atom stereocenters. The number of anilines is 1. The van der Waals surface area contributed by atoms with Crippen molar-refractivity contribution in [1.29, 1.82) is 0 Å². The van der Waals surface area contributed by atoms with Gasteiger partial charge in [-0.25, -0.2) is 8.42 Å². The molecule has 0 heterocycles. The van der Waals surface area contributed by atoms with E-state index in [1.807, 2.05) is 0 Å². The van der Waals surface area contributed by atoms with Crippen LogP contribution >= 0.6 is 11.8 Å². The third-order valence-corrected chi connectivity index (χ3v) is 5.72. The summed E-state index contributed by atoms with van der Waals surface area (Å²) in [6.45, 7) is 0.233. The number of hydrogen-bond acceptors (Lipinski definition) is 7. The lowest BCUT2D eigenvalue weighted by Crippen LogP contribution is -2.27. The fourth-order valence-electron chi connectivity index (χ4n) is 2.44. The summed E-state index contributed by atoms with van der Waals surface area (Å²) < 4.78 is 60.0. The minimum Gasteiger partial charge on any atom is -0.378 e. The van der Waals surface area contributed by atoms with Crippen LogP contribution in [0.2, 0.25) is 0 Å². The van der Waals surface area contributed by atoms with Crippen molar-refractivity contribution in [3.8, 4) is 0 Å². The summed E-state index contributed by atoms with van der Waals surface area (Å²) in [6, 6.07) is 8.94. The van der Waals surface area contributed by atoms with Gasteiger partial charge in [-0.2, -0.15) is 13.2 Å². The van der Waals surface area contributed by atoms with Crippen LogP contribution in [0.25, 0.3) is 6.08 Å². The van der Waals surface area contributed by atoms with Crippen molar-refractivity contribution in [2.24, 2.45) is 0 Å². The molecule has 2 N–H and O–H groups in total. The van der Waals surface area contributed by atoms with Gasteiger partial charge in [-0.05, 0) is 47.7 Å². The largest absolute Gasteiger partial charge is 0.446 e. The van der Waals surface area contributed by atoms with Gasteiger partial charge in [0.1, 0.15) is 5.69 Å². The summed E-state index contributed by atoms with van der Waals surface area (Å²) in [5.74, 6) is -0.470. The molecule has 2 aromatic rings. The first-order chi connectivity index (χ1) is 14.8. The van der Waals surface area contributed by atoms with Gasteiger partial charge in [0, 0.05) is 36.4 Å². The SMILES string of the molecule is CS(=O)(=O)c1ccc(NCCNC(=O)/C=C/c2ccc(SC(F)(F)F)cc2)c([N+](=O)[O-])c1. The number of rotatable bonds is 9. The van der Waals surface area contributed by atoms with Crippen molar-refractivity contribution >= 4 is 45.0 Å². The smallest absolute Gasteiger partial charge is 0.378 e. The van der Waals surface area contributed by atoms with E-state index >= 15 is 0 Å². The zero-order valence-corrected chi connectivity index (χ0v) is 18.2. The van der Waals surface area contributed by atoms with E-state index in [9.17, 15) is 36.5 Å². The molecule has 13 heteroatoms. The van der Waals surface area contributed by atoms with E-state index in [-0.39, 0.29) is 40.3 Å². The number of sulfone groups is 1. The van der Waals surface area contributed by atoms with Gasteiger partial charge < -0.3 is 10.6 Å². The molecule has 2 aromatic carbocycles. The topological polar surface area (TPSA) is 118 Å². The molecule has 0 saturated carbocycles. The van der Waals surface area contributed by atoms with Crippen molar-refractivity contribution in [3.05, 3.63) is 64.2 Å². The second-order valence-electron chi connectivity index (χ2n) is 6.38. The first kappa shape index (κ1) is 25.2. The van der Waals surface area contributed by atoms with Crippen LogP contribution < -0.4 is 10.6 Å². The minimum atomic E-state index is -4.37. The van der Waals surface area contributed by atoms with Crippen LogP contribution in [0.15, 0.2) is 58.3 Å². The Morgan fingerprint density at radius 3 is 2.38 bits per heavy atom. The number of carbonyl (C=O) groups is 1. The van der Waals surface area contributed by atoms with Gasteiger partial charge in [-0.1, -0.05) is 12.1 Å². The van der Waals surface area contributed by atoms with Crippen LogP contribution in [0.5, 0.6) is 0 Å². The molecular weight excluding hydrogens is 471 g/mol. The Bertz CT molecular complexity index is 1120. The van der Waals surface area contributed by atoms with E-state index in [1.165, 1.54) is 48.6 Å². The van der Waals surface area contributed by atoms with Gasteiger partial charge in [-0.3, -0.25) is 14.9 Å². The van der Waals surface area contributed by atoms with Gasteiger partial charge in [0.25, 0.3) is 5.69 Å². The lowest BCUT2D eigenvalue weighted by atomic mass is 10.2. The van der Waals surface area contributed by atoms with Crippen molar-refractivity contribution in [3.63, 3.8) is 0 Å². The summed E-state index contributed by atoms with van der Waals surface area (Å²) in [5.41, 5.74) is -4.15. The predicted molar refractivity (Wildman–Crippen MR) is 115 cm³/mol. The lowest BCUT2D eigenvalue weighted by Gasteiger charge is -2.08. The Balaban J connectivity index is 1.86. The van der Waals surface area contributed by atoms with Crippen LogP contribution in [0.4, 0.5) is 24.5 Å². The van der Waals surface area contributed by atoms with Crippen LogP contribution in [0.1, 0.15) is 5.56 Å². The molecule has 0 aromatic heterocycles. The average molecular weight is 489 g/mol. The second-order valence-corrected chi connectivity index (χ2v) is 9.53. The molecule has 2 rings (SSSR count). The maximum Gasteiger partial charge on any atom is 0.446 e. The first-order valence-electron chi connectivity index (χ1n) is 8.89. The van der Waals surface area contributed by atoms with Gasteiger partial charge in [-0.15, -0.1) is 0 Å². The molecule has 172 valence electrons. The van der Waals surface area contributed by atoms with Crippen molar-refractivity contribution < 1.29 is 31.3 Å². The number of carbonyl (C=O) groups excluding carboxylic acids is 1. The maximum absolute atomic E-state index is 12.3. The van der Waals surface area contributed by atoms with Crippen molar-refractivity contribution in [2.45, 2.75) is 15.3 Å². The summed E-state index contributed by atoms with van der Waals surface area (Å²) in [7, 11) is -3.60. The number of amides is 1. The summed E-state index contributed by atoms with van der Waals surface area (Å²) in [4.78, 5) is 22.2. The summed E-state index contributed by atoms with van der Waals surface area (Å²) in [5, 5.41) is 16.5. The zero-order valence-electron chi connectivity index (χ0n) is 16.5. The molecule has 8 nitrogen and oxygen atoms in total. The molecular formula is C19H18F3N3O5S2. The average Bonchev–Trinajstić information content (AvgIpc) is 2.68. The van der Waals surface area contributed by atoms with Gasteiger partial charge in [0.15, 0.2) is 9.84 Å². The number of nitro benzene ring substituents is 1. The highest BCUT2D eigenvalue weighted by molar-refractivity contribution is 8.00. The molecule has 0 unspecified atom stereocenters. The number of alkyl halides is 3. The van der Waals surface area contributed by atoms with Crippen LogP contribution in [-0.4, -0.2) is 44.1 Å². The minimum absolute atomic E-state index is 0.0313. The normalized spacial score (nSPS) is 12.0. The highest BCUT2D eigenvalue weighted by Crippen LogP contribution is 2.36. The molecule has 0 fully saturated rings. The van der Waals surface area contributed by atoms with Gasteiger partial charge in [0.2, 0.25) is 5.91 Å². The quantitative estimate of drug-likeness (QED) is 0.181. The molecule has 0 aliphatic carbocycles. The molecule has 0 bridgehead atoms. The number of halogens is 3. The molecule has 0 saturated heterocycles. The highest BCUT2D eigenvalue weighted by Gasteiger charge is 2.28. The van der Waals surface area contributed by atoms with E-state index in [2.05, 4.69) is 10.6 Å². The Hall–Kier alpha value is -3.06. The number of benzene rings is 2. The van der Waals surface area contributed by atoms with Crippen molar-refractivity contribution in [1.82, 2.24) is 5.32 Å². The molecule has 0 aliphatic heterocycles. The second kappa shape index (κ2) is 10.5. The third-order valence-electron chi connectivity index (χ3n) is 3.87. The van der Waals surface area contributed by atoms with E-state index < -0.39 is 31.9 Å². The van der Waals surface area contributed by atoms with Gasteiger partial charge in [0.05, 0.1) is 9.82 Å². The Labute approximate surface area is 186 Å². The highest BCUT2D eigenvalue weighted by atomic mass is 32.2. The number of nitrogens with one attached hydrogen (secondary N) is 2. The fourth-order valence-corrected chi connectivity index (χ4v) is 3.62.